The zero-order chi connectivity index (χ0) is 15.2. The minimum Gasteiger partial charge on any atom is -0.492 e. The molecular formula is C17H19NO3. The fourth-order valence-electron chi connectivity index (χ4n) is 2.05. The highest BCUT2D eigenvalue weighted by atomic mass is 16.5. The molecule has 0 aliphatic carbocycles. The second-order valence-electron chi connectivity index (χ2n) is 4.95. The lowest BCUT2D eigenvalue weighted by Gasteiger charge is -2.11. The van der Waals surface area contributed by atoms with Crippen molar-refractivity contribution in [3.63, 3.8) is 0 Å². The van der Waals surface area contributed by atoms with Crippen LogP contribution in [0.3, 0.4) is 0 Å². The summed E-state index contributed by atoms with van der Waals surface area (Å²) >= 11 is 0. The van der Waals surface area contributed by atoms with Crippen LogP contribution in [0.25, 0.3) is 0 Å². The van der Waals surface area contributed by atoms with Gasteiger partial charge in [-0.1, -0.05) is 18.2 Å². The van der Waals surface area contributed by atoms with Crippen molar-refractivity contribution < 1.29 is 14.6 Å². The molecule has 0 atom stereocenters. The van der Waals surface area contributed by atoms with Crippen LogP contribution < -0.4 is 10.1 Å². The molecule has 2 aromatic carbocycles. The second-order valence-corrected chi connectivity index (χ2v) is 4.95. The average molecular weight is 285 g/mol. The quantitative estimate of drug-likeness (QED) is 0.798. The molecule has 4 heteroatoms. The van der Waals surface area contributed by atoms with Gasteiger partial charge in [0.2, 0.25) is 0 Å². The van der Waals surface area contributed by atoms with Gasteiger partial charge in [-0.15, -0.1) is 0 Å². The molecule has 21 heavy (non-hydrogen) atoms. The number of carboxylic acid groups (broad SMARTS) is 1. The Bertz CT molecular complexity index is 638. The van der Waals surface area contributed by atoms with E-state index in [0.717, 1.165) is 16.9 Å². The Kier molecular flexibility index (Phi) is 4.82. The van der Waals surface area contributed by atoms with Gasteiger partial charge >= 0.3 is 5.97 Å². The first-order valence-electron chi connectivity index (χ1n) is 6.83. The van der Waals surface area contributed by atoms with E-state index in [9.17, 15) is 4.79 Å². The van der Waals surface area contributed by atoms with Crippen molar-refractivity contribution in [2.75, 3.05) is 18.5 Å². The number of rotatable bonds is 6. The van der Waals surface area contributed by atoms with Gasteiger partial charge in [0.05, 0.1) is 5.56 Å². The summed E-state index contributed by atoms with van der Waals surface area (Å²) in [6, 6.07) is 13.1. The minimum atomic E-state index is -0.933. The molecule has 0 saturated heterocycles. The van der Waals surface area contributed by atoms with E-state index in [1.165, 1.54) is 0 Å². The van der Waals surface area contributed by atoms with Crippen molar-refractivity contribution in [2.24, 2.45) is 0 Å². The summed E-state index contributed by atoms with van der Waals surface area (Å²) in [5.41, 5.74) is 3.06. The average Bonchev–Trinajstić information content (AvgIpc) is 2.43. The van der Waals surface area contributed by atoms with Crippen molar-refractivity contribution >= 4 is 11.7 Å². The van der Waals surface area contributed by atoms with Gasteiger partial charge in [-0.05, 0) is 49.2 Å². The first-order valence-corrected chi connectivity index (χ1v) is 6.83. The van der Waals surface area contributed by atoms with Crippen molar-refractivity contribution in [3.8, 4) is 5.75 Å². The lowest BCUT2D eigenvalue weighted by molar-refractivity contribution is 0.0698. The molecule has 0 fully saturated rings. The SMILES string of the molecule is Cc1cccc(OCCNc2cc(C)ccc2C(=O)O)c1. The monoisotopic (exact) mass is 285 g/mol. The third-order valence-electron chi connectivity index (χ3n) is 3.08. The maximum atomic E-state index is 11.2. The summed E-state index contributed by atoms with van der Waals surface area (Å²) in [5.74, 6) is -0.114. The van der Waals surface area contributed by atoms with Crippen LogP contribution in [0.5, 0.6) is 5.75 Å². The van der Waals surface area contributed by atoms with E-state index >= 15 is 0 Å². The molecule has 0 radical (unpaired) electrons. The number of ether oxygens (including phenoxy) is 1. The number of hydrogen-bond acceptors (Lipinski definition) is 3. The Hall–Kier alpha value is -2.49. The summed E-state index contributed by atoms with van der Waals surface area (Å²) in [6.45, 7) is 4.95. The van der Waals surface area contributed by atoms with E-state index in [-0.39, 0.29) is 5.56 Å². The topological polar surface area (TPSA) is 58.6 Å². The molecule has 4 nitrogen and oxygen atoms in total. The Balaban J connectivity index is 1.91. The molecule has 2 rings (SSSR count). The van der Waals surface area contributed by atoms with Crippen molar-refractivity contribution in [1.29, 1.82) is 0 Å². The predicted octanol–water partition coefficient (Wildman–Crippen LogP) is 3.49. The van der Waals surface area contributed by atoms with Gasteiger partial charge in [0, 0.05) is 12.2 Å². The minimum absolute atomic E-state index is 0.274. The second kappa shape index (κ2) is 6.79. The largest absolute Gasteiger partial charge is 0.492 e. The predicted molar refractivity (Wildman–Crippen MR) is 83.3 cm³/mol. The van der Waals surface area contributed by atoms with Crippen LogP contribution in [-0.2, 0) is 0 Å². The Morgan fingerprint density at radius 3 is 2.62 bits per heavy atom. The van der Waals surface area contributed by atoms with Crippen LogP contribution in [0.15, 0.2) is 42.5 Å². The first-order chi connectivity index (χ1) is 10.1. The van der Waals surface area contributed by atoms with Gasteiger partial charge in [-0.2, -0.15) is 0 Å². The van der Waals surface area contributed by atoms with Crippen LogP contribution in [0, 0.1) is 13.8 Å². The van der Waals surface area contributed by atoms with Crippen molar-refractivity contribution in [2.45, 2.75) is 13.8 Å². The summed E-state index contributed by atoms with van der Waals surface area (Å²) < 4.78 is 5.63. The molecule has 0 heterocycles. The fraction of sp³-hybridized carbons (Fsp3) is 0.235. The van der Waals surface area contributed by atoms with Gasteiger partial charge in [-0.3, -0.25) is 0 Å². The molecule has 0 aliphatic heterocycles. The molecular weight excluding hydrogens is 266 g/mol. The van der Waals surface area contributed by atoms with Crippen LogP contribution in [0.4, 0.5) is 5.69 Å². The number of benzene rings is 2. The fourth-order valence-corrected chi connectivity index (χ4v) is 2.05. The number of anilines is 1. The van der Waals surface area contributed by atoms with Gasteiger partial charge in [0.15, 0.2) is 0 Å². The van der Waals surface area contributed by atoms with Gasteiger partial charge in [-0.25, -0.2) is 4.79 Å². The van der Waals surface area contributed by atoms with Gasteiger partial charge < -0.3 is 15.2 Å². The van der Waals surface area contributed by atoms with Crippen LogP contribution in [-0.4, -0.2) is 24.2 Å². The molecule has 2 N–H and O–H groups in total. The lowest BCUT2D eigenvalue weighted by atomic mass is 10.1. The number of aromatic carboxylic acids is 1. The number of carboxylic acids is 1. The number of aryl methyl sites for hydroxylation is 2. The smallest absolute Gasteiger partial charge is 0.337 e. The third-order valence-corrected chi connectivity index (χ3v) is 3.08. The van der Waals surface area contributed by atoms with E-state index in [0.29, 0.717) is 18.8 Å². The summed E-state index contributed by atoms with van der Waals surface area (Å²) in [7, 11) is 0. The van der Waals surface area contributed by atoms with Gasteiger partial charge in [0.25, 0.3) is 0 Å². The highest BCUT2D eigenvalue weighted by Crippen LogP contribution is 2.17. The number of nitrogens with one attached hydrogen (secondary N) is 1. The maximum absolute atomic E-state index is 11.2. The van der Waals surface area contributed by atoms with E-state index in [2.05, 4.69) is 5.32 Å². The Labute approximate surface area is 124 Å². The van der Waals surface area contributed by atoms with E-state index in [4.69, 9.17) is 9.84 Å². The normalized spacial score (nSPS) is 10.2. The first kappa shape index (κ1) is 14.9. The zero-order valence-corrected chi connectivity index (χ0v) is 12.2. The summed E-state index contributed by atoms with van der Waals surface area (Å²) in [5, 5.41) is 12.3. The highest BCUT2D eigenvalue weighted by Gasteiger charge is 2.09. The van der Waals surface area contributed by atoms with E-state index in [1.54, 1.807) is 12.1 Å². The Morgan fingerprint density at radius 2 is 1.90 bits per heavy atom. The van der Waals surface area contributed by atoms with E-state index < -0.39 is 5.97 Å². The molecule has 0 aromatic heterocycles. The molecule has 0 unspecified atom stereocenters. The third kappa shape index (κ3) is 4.24. The molecule has 2 aromatic rings. The Morgan fingerprint density at radius 1 is 1.14 bits per heavy atom. The van der Waals surface area contributed by atoms with Gasteiger partial charge in [0.1, 0.15) is 12.4 Å². The van der Waals surface area contributed by atoms with Crippen LogP contribution in [0.1, 0.15) is 21.5 Å². The highest BCUT2D eigenvalue weighted by molar-refractivity contribution is 5.94. The zero-order valence-electron chi connectivity index (χ0n) is 12.2. The molecule has 0 aliphatic rings. The number of carbonyl (C=O) groups is 1. The summed E-state index contributed by atoms with van der Waals surface area (Å²) in [6.07, 6.45) is 0. The molecule has 110 valence electrons. The molecule has 0 spiro atoms. The molecule has 0 amide bonds. The van der Waals surface area contributed by atoms with Crippen LogP contribution >= 0.6 is 0 Å². The standard InChI is InChI=1S/C17H19NO3/c1-12-4-3-5-14(10-12)21-9-8-18-16-11-13(2)6-7-15(16)17(19)20/h3-7,10-11,18H,8-9H2,1-2H3,(H,19,20). The van der Waals surface area contributed by atoms with Crippen molar-refractivity contribution in [3.05, 3.63) is 59.2 Å². The van der Waals surface area contributed by atoms with Crippen LogP contribution in [0.2, 0.25) is 0 Å². The maximum Gasteiger partial charge on any atom is 0.337 e. The molecule has 0 saturated carbocycles. The number of hydrogen-bond donors (Lipinski definition) is 2. The van der Waals surface area contributed by atoms with E-state index in [1.807, 2.05) is 44.2 Å². The lowest BCUT2D eigenvalue weighted by Crippen LogP contribution is -2.14. The van der Waals surface area contributed by atoms with Crippen molar-refractivity contribution in [1.82, 2.24) is 0 Å². The summed E-state index contributed by atoms with van der Waals surface area (Å²) in [4.78, 5) is 11.2. The molecule has 0 bridgehead atoms.